The number of hydrogen-bond acceptors (Lipinski definition) is 6. The van der Waals surface area contributed by atoms with Crippen LogP contribution in [0, 0.1) is 5.92 Å². The standard InChI is InChI=1S/C22H24ClN3O3/c1-3-15(22(27)28-2)18-13-26(11-10-24-18)21-16-6-4-5-7-19(16)29-20-9-8-14(23)12-17(20)25-21/h4-9,12,15,18,24H,3,10-11,13H2,1-2H3/t15-,18+/m1/s1. The average molecular weight is 414 g/mol. The highest BCUT2D eigenvalue weighted by atomic mass is 35.5. The molecule has 2 heterocycles. The molecular weight excluding hydrogens is 390 g/mol. The molecule has 1 saturated heterocycles. The molecule has 0 bridgehead atoms. The average Bonchev–Trinajstić information content (AvgIpc) is 2.91. The van der Waals surface area contributed by atoms with Gasteiger partial charge in [0.25, 0.3) is 0 Å². The molecule has 4 rings (SSSR count). The molecule has 7 heteroatoms. The molecule has 1 N–H and O–H groups in total. The topological polar surface area (TPSA) is 63.2 Å². The van der Waals surface area contributed by atoms with Gasteiger partial charge in [0.15, 0.2) is 5.75 Å². The van der Waals surface area contributed by atoms with Crippen molar-refractivity contribution in [3.63, 3.8) is 0 Å². The summed E-state index contributed by atoms with van der Waals surface area (Å²) in [5.74, 6) is 1.86. The van der Waals surface area contributed by atoms with Gasteiger partial charge in [-0.3, -0.25) is 4.79 Å². The van der Waals surface area contributed by atoms with E-state index in [0.29, 0.717) is 29.4 Å². The SMILES string of the molecule is CC[C@@H](C(=O)OC)[C@@H]1CN(C2=Nc3cc(Cl)ccc3Oc3ccccc32)CCN1. The summed E-state index contributed by atoms with van der Waals surface area (Å²) in [6.45, 7) is 4.18. The zero-order chi connectivity index (χ0) is 20.4. The van der Waals surface area contributed by atoms with Crippen molar-refractivity contribution in [2.75, 3.05) is 26.7 Å². The highest BCUT2D eigenvalue weighted by Crippen LogP contribution is 2.39. The Morgan fingerprint density at radius 1 is 1.34 bits per heavy atom. The van der Waals surface area contributed by atoms with Gasteiger partial charge in [-0.05, 0) is 36.8 Å². The summed E-state index contributed by atoms with van der Waals surface area (Å²) in [6, 6.07) is 13.3. The minimum atomic E-state index is -0.206. The zero-order valence-electron chi connectivity index (χ0n) is 16.5. The van der Waals surface area contributed by atoms with E-state index < -0.39 is 0 Å². The monoisotopic (exact) mass is 413 g/mol. The molecule has 2 aromatic carbocycles. The van der Waals surface area contributed by atoms with E-state index >= 15 is 0 Å². The summed E-state index contributed by atoms with van der Waals surface area (Å²) >= 11 is 6.21. The number of amidine groups is 1. The summed E-state index contributed by atoms with van der Waals surface area (Å²) < 4.78 is 11.2. The van der Waals surface area contributed by atoms with Crippen LogP contribution in [-0.2, 0) is 9.53 Å². The van der Waals surface area contributed by atoms with Crippen LogP contribution in [0.1, 0.15) is 18.9 Å². The van der Waals surface area contributed by atoms with Crippen LogP contribution in [0.15, 0.2) is 47.5 Å². The number of fused-ring (bicyclic) bond motifs is 2. The number of nitrogens with zero attached hydrogens (tertiary/aromatic N) is 2. The smallest absolute Gasteiger partial charge is 0.310 e. The van der Waals surface area contributed by atoms with Gasteiger partial charge in [-0.25, -0.2) is 4.99 Å². The molecule has 0 amide bonds. The fourth-order valence-electron chi connectivity index (χ4n) is 3.95. The second-order valence-electron chi connectivity index (χ2n) is 7.19. The lowest BCUT2D eigenvalue weighted by Crippen LogP contribution is -2.56. The molecule has 152 valence electrons. The number of esters is 1. The molecule has 0 saturated carbocycles. The third-order valence-electron chi connectivity index (χ3n) is 5.43. The lowest BCUT2D eigenvalue weighted by atomic mass is 9.94. The molecule has 6 nitrogen and oxygen atoms in total. The van der Waals surface area contributed by atoms with Crippen LogP contribution in [-0.4, -0.2) is 49.5 Å². The highest BCUT2D eigenvalue weighted by molar-refractivity contribution is 6.31. The Labute approximate surface area is 175 Å². The van der Waals surface area contributed by atoms with Crippen LogP contribution in [0.5, 0.6) is 11.5 Å². The van der Waals surface area contributed by atoms with E-state index in [-0.39, 0.29) is 17.9 Å². The number of hydrogen-bond donors (Lipinski definition) is 1. The second-order valence-corrected chi connectivity index (χ2v) is 7.63. The van der Waals surface area contributed by atoms with Crippen molar-refractivity contribution in [1.29, 1.82) is 0 Å². The summed E-state index contributed by atoms with van der Waals surface area (Å²) in [5.41, 5.74) is 1.62. The quantitative estimate of drug-likeness (QED) is 0.770. The molecular formula is C22H24ClN3O3. The normalized spacial score (nSPS) is 19.2. The van der Waals surface area contributed by atoms with Gasteiger partial charge in [-0.15, -0.1) is 0 Å². The Hall–Kier alpha value is -2.57. The number of ether oxygens (including phenoxy) is 2. The van der Waals surface area contributed by atoms with Gasteiger partial charge in [0.2, 0.25) is 0 Å². The molecule has 2 aliphatic rings. The van der Waals surface area contributed by atoms with E-state index in [1.54, 1.807) is 6.07 Å². The number of aliphatic imine (C=N–C) groups is 1. The van der Waals surface area contributed by atoms with Crippen LogP contribution in [0.3, 0.4) is 0 Å². The van der Waals surface area contributed by atoms with E-state index in [2.05, 4.69) is 10.2 Å². The number of rotatable bonds is 3. The Morgan fingerprint density at radius 3 is 2.97 bits per heavy atom. The number of carbonyl (C=O) groups is 1. The van der Waals surface area contributed by atoms with Crippen LogP contribution in [0.25, 0.3) is 0 Å². The first-order valence-electron chi connectivity index (χ1n) is 9.82. The molecule has 0 radical (unpaired) electrons. The Morgan fingerprint density at radius 2 is 2.17 bits per heavy atom. The first kappa shape index (κ1) is 19.7. The largest absolute Gasteiger partial charge is 0.469 e. The predicted octanol–water partition coefficient (Wildman–Crippen LogP) is 4.00. The van der Waals surface area contributed by atoms with Crippen molar-refractivity contribution >= 4 is 29.1 Å². The molecule has 2 aromatic rings. The van der Waals surface area contributed by atoms with Crippen LogP contribution >= 0.6 is 11.6 Å². The maximum absolute atomic E-state index is 12.2. The second kappa shape index (κ2) is 8.43. The Balaban J connectivity index is 1.72. The lowest BCUT2D eigenvalue weighted by Gasteiger charge is -2.38. The maximum Gasteiger partial charge on any atom is 0.310 e. The van der Waals surface area contributed by atoms with Crippen molar-refractivity contribution in [3.8, 4) is 11.5 Å². The van der Waals surface area contributed by atoms with E-state index in [4.69, 9.17) is 26.1 Å². The Bertz CT molecular complexity index is 947. The summed E-state index contributed by atoms with van der Waals surface area (Å²) in [7, 11) is 1.44. The van der Waals surface area contributed by atoms with Crippen molar-refractivity contribution < 1.29 is 14.3 Å². The van der Waals surface area contributed by atoms with Crippen LogP contribution in [0.4, 0.5) is 5.69 Å². The van der Waals surface area contributed by atoms with Crippen LogP contribution < -0.4 is 10.1 Å². The van der Waals surface area contributed by atoms with E-state index in [0.717, 1.165) is 30.2 Å². The third kappa shape index (κ3) is 3.95. The third-order valence-corrected chi connectivity index (χ3v) is 5.66. The van der Waals surface area contributed by atoms with Gasteiger partial charge in [0.05, 0.1) is 18.6 Å². The molecule has 1 fully saturated rings. The summed E-state index contributed by atoms with van der Waals surface area (Å²) in [6.07, 6.45) is 0.711. The van der Waals surface area contributed by atoms with Gasteiger partial charge in [0.1, 0.15) is 17.3 Å². The van der Waals surface area contributed by atoms with E-state index in [9.17, 15) is 4.79 Å². The van der Waals surface area contributed by atoms with E-state index in [1.807, 2.05) is 43.3 Å². The number of methoxy groups -OCH3 is 1. The van der Waals surface area contributed by atoms with Gasteiger partial charge >= 0.3 is 5.97 Å². The fourth-order valence-corrected chi connectivity index (χ4v) is 4.11. The summed E-state index contributed by atoms with van der Waals surface area (Å²) in [4.78, 5) is 19.4. The predicted molar refractivity (Wildman–Crippen MR) is 113 cm³/mol. The minimum Gasteiger partial charge on any atom is -0.469 e. The molecule has 0 spiro atoms. The Kier molecular flexibility index (Phi) is 5.74. The van der Waals surface area contributed by atoms with Crippen molar-refractivity contribution in [2.45, 2.75) is 19.4 Å². The lowest BCUT2D eigenvalue weighted by molar-refractivity contribution is -0.147. The van der Waals surface area contributed by atoms with Gasteiger partial charge in [-0.2, -0.15) is 0 Å². The molecule has 2 atom stereocenters. The van der Waals surface area contributed by atoms with Crippen molar-refractivity contribution in [1.82, 2.24) is 10.2 Å². The zero-order valence-corrected chi connectivity index (χ0v) is 17.3. The molecule has 0 unspecified atom stereocenters. The highest BCUT2D eigenvalue weighted by Gasteiger charge is 2.33. The fraction of sp³-hybridized carbons (Fsp3) is 0.364. The maximum atomic E-state index is 12.2. The first-order valence-corrected chi connectivity index (χ1v) is 10.2. The van der Waals surface area contributed by atoms with E-state index in [1.165, 1.54) is 7.11 Å². The first-order chi connectivity index (χ1) is 14.1. The molecule has 2 aliphatic heterocycles. The van der Waals surface area contributed by atoms with Gasteiger partial charge in [-0.1, -0.05) is 30.7 Å². The summed E-state index contributed by atoms with van der Waals surface area (Å²) in [5, 5.41) is 4.08. The number of halogens is 1. The minimum absolute atomic E-state index is 0.0148. The van der Waals surface area contributed by atoms with Crippen molar-refractivity contribution in [2.24, 2.45) is 10.9 Å². The number of para-hydroxylation sites is 1. The molecule has 0 aliphatic carbocycles. The number of benzene rings is 2. The van der Waals surface area contributed by atoms with Gasteiger partial charge < -0.3 is 19.7 Å². The number of nitrogens with one attached hydrogen (secondary N) is 1. The van der Waals surface area contributed by atoms with Crippen molar-refractivity contribution in [3.05, 3.63) is 53.1 Å². The number of piperazine rings is 1. The van der Waals surface area contributed by atoms with Crippen LogP contribution in [0.2, 0.25) is 5.02 Å². The molecule has 29 heavy (non-hydrogen) atoms. The molecule has 0 aromatic heterocycles. The number of carbonyl (C=O) groups excluding carboxylic acids is 1. The van der Waals surface area contributed by atoms with Gasteiger partial charge in [0, 0.05) is 30.7 Å².